The van der Waals surface area contributed by atoms with Crippen LogP contribution in [0.3, 0.4) is 0 Å². The molecule has 1 N–H and O–H groups in total. The average Bonchev–Trinajstić information content (AvgIpc) is 2.87. The van der Waals surface area contributed by atoms with Gasteiger partial charge in [0.05, 0.1) is 0 Å². The maximum Gasteiger partial charge on any atom is 0.0352 e. The van der Waals surface area contributed by atoms with E-state index in [-0.39, 0.29) is 0 Å². The lowest BCUT2D eigenvalue weighted by molar-refractivity contribution is 0.318. The van der Waals surface area contributed by atoms with Gasteiger partial charge in [-0.05, 0) is 59.2 Å². The Labute approximate surface area is 122 Å². The summed E-state index contributed by atoms with van der Waals surface area (Å²) in [6.45, 7) is 6.99. The Balaban J connectivity index is 2.17. The molecule has 20 heavy (non-hydrogen) atoms. The summed E-state index contributed by atoms with van der Waals surface area (Å²) in [7, 11) is 2.09. The highest BCUT2D eigenvalue weighted by Gasteiger charge is 2.24. The van der Waals surface area contributed by atoms with Gasteiger partial charge in [-0.25, -0.2) is 0 Å². The molecule has 0 heterocycles. The molecular formula is C19H25N. The zero-order chi connectivity index (χ0) is 14.3. The molecule has 0 spiro atoms. The molecule has 0 saturated carbocycles. The second-order valence-corrected chi connectivity index (χ2v) is 6.52. The summed E-state index contributed by atoms with van der Waals surface area (Å²) in [5.41, 5.74) is 4.54. The van der Waals surface area contributed by atoms with Crippen LogP contribution in [0.2, 0.25) is 0 Å². The SMILES string of the molecule is CNC(c1ccc2c3c(cccc13)CC2)C(C)C(C)C. The molecule has 0 aliphatic heterocycles. The first-order valence-corrected chi connectivity index (χ1v) is 7.84. The van der Waals surface area contributed by atoms with Gasteiger partial charge in [-0.1, -0.05) is 51.1 Å². The van der Waals surface area contributed by atoms with E-state index in [0.717, 1.165) is 0 Å². The van der Waals surface area contributed by atoms with Gasteiger partial charge in [-0.3, -0.25) is 0 Å². The Hall–Kier alpha value is -1.34. The van der Waals surface area contributed by atoms with Gasteiger partial charge in [0.2, 0.25) is 0 Å². The molecule has 0 aromatic heterocycles. The maximum atomic E-state index is 3.55. The summed E-state index contributed by atoms with van der Waals surface area (Å²) in [4.78, 5) is 0. The van der Waals surface area contributed by atoms with Crippen molar-refractivity contribution in [2.24, 2.45) is 11.8 Å². The highest BCUT2D eigenvalue weighted by Crippen LogP contribution is 2.37. The third-order valence-electron chi connectivity index (χ3n) is 5.13. The zero-order valence-corrected chi connectivity index (χ0v) is 13.0. The van der Waals surface area contributed by atoms with Gasteiger partial charge in [0, 0.05) is 6.04 Å². The fourth-order valence-corrected chi connectivity index (χ4v) is 3.63. The van der Waals surface area contributed by atoms with E-state index in [1.807, 2.05) is 0 Å². The van der Waals surface area contributed by atoms with Crippen LogP contribution in [0.25, 0.3) is 10.8 Å². The lowest BCUT2D eigenvalue weighted by Crippen LogP contribution is -2.26. The molecular weight excluding hydrogens is 242 g/mol. The largest absolute Gasteiger partial charge is 0.313 e. The molecule has 3 rings (SSSR count). The van der Waals surface area contributed by atoms with Crippen molar-refractivity contribution in [2.45, 2.75) is 39.7 Å². The second kappa shape index (κ2) is 5.21. The van der Waals surface area contributed by atoms with Gasteiger partial charge in [0.25, 0.3) is 0 Å². The topological polar surface area (TPSA) is 12.0 Å². The van der Waals surface area contributed by atoms with Crippen molar-refractivity contribution < 1.29 is 0 Å². The van der Waals surface area contributed by atoms with E-state index in [1.54, 1.807) is 0 Å². The number of rotatable bonds is 4. The van der Waals surface area contributed by atoms with Crippen molar-refractivity contribution in [2.75, 3.05) is 7.05 Å². The highest BCUT2D eigenvalue weighted by molar-refractivity contribution is 5.93. The molecule has 2 atom stereocenters. The third-order valence-corrected chi connectivity index (χ3v) is 5.13. The molecule has 0 radical (unpaired) electrons. The average molecular weight is 267 g/mol. The molecule has 2 aromatic rings. The molecule has 1 nitrogen and oxygen atoms in total. The van der Waals surface area contributed by atoms with Crippen molar-refractivity contribution in [1.82, 2.24) is 5.32 Å². The van der Waals surface area contributed by atoms with Crippen LogP contribution in [-0.2, 0) is 12.8 Å². The van der Waals surface area contributed by atoms with Crippen molar-refractivity contribution in [3.63, 3.8) is 0 Å². The lowest BCUT2D eigenvalue weighted by Gasteiger charge is -2.28. The normalized spacial score (nSPS) is 16.9. The predicted molar refractivity (Wildman–Crippen MR) is 87.2 cm³/mol. The molecule has 1 aliphatic rings. The summed E-state index contributed by atoms with van der Waals surface area (Å²) in [6, 6.07) is 12.0. The van der Waals surface area contributed by atoms with Gasteiger partial charge in [0.1, 0.15) is 0 Å². The molecule has 2 unspecified atom stereocenters. The van der Waals surface area contributed by atoms with Crippen LogP contribution < -0.4 is 5.32 Å². The van der Waals surface area contributed by atoms with Crippen LogP contribution in [0, 0.1) is 11.8 Å². The summed E-state index contributed by atoms with van der Waals surface area (Å²) in [5.74, 6) is 1.30. The number of aryl methyl sites for hydroxylation is 2. The first kappa shape index (κ1) is 13.6. The highest BCUT2D eigenvalue weighted by atomic mass is 14.9. The van der Waals surface area contributed by atoms with E-state index in [4.69, 9.17) is 0 Å². The van der Waals surface area contributed by atoms with Crippen LogP contribution in [0.1, 0.15) is 43.5 Å². The predicted octanol–water partition coefficient (Wildman–Crippen LogP) is 4.49. The first-order chi connectivity index (χ1) is 9.63. The number of hydrogen-bond donors (Lipinski definition) is 1. The standard InChI is InChI=1S/C19H25N/c1-12(2)13(3)19(20-4)17-11-10-15-9-8-14-6-5-7-16(17)18(14)15/h5-7,10-13,19-20H,8-9H2,1-4H3. The van der Waals surface area contributed by atoms with E-state index in [9.17, 15) is 0 Å². The molecule has 106 valence electrons. The molecule has 2 aromatic carbocycles. The summed E-state index contributed by atoms with van der Waals surface area (Å²) in [5, 5.41) is 6.54. The minimum Gasteiger partial charge on any atom is -0.313 e. The lowest BCUT2D eigenvalue weighted by atomic mass is 9.83. The van der Waals surface area contributed by atoms with Crippen LogP contribution in [0.5, 0.6) is 0 Å². The van der Waals surface area contributed by atoms with Gasteiger partial charge < -0.3 is 5.32 Å². The Bertz CT molecular complexity index is 617. The van der Waals surface area contributed by atoms with Crippen molar-refractivity contribution in [1.29, 1.82) is 0 Å². The summed E-state index contributed by atoms with van der Waals surface area (Å²) in [6.07, 6.45) is 2.42. The van der Waals surface area contributed by atoms with Gasteiger partial charge >= 0.3 is 0 Å². The molecule has 0 fully saturated rings. The summed E-state index contributed by atoms with van der Waals surface area (Å²) < 4.78 is 0. The van der Waals surface area contributed by atoms with Crippen LogP contribution in [0.4, 0.5) is 0 Å². The minimum atomic E-state index is 0.430. The Morgan fingerprint density at radius 1 is 0.950 bits per heavy atom. The number of benzene rings is 2. The monoisotopic (exact) mass is 267 g/mol. The van der Waals surface area contributed by atoms with Crippen molar-refractivity contribution in [3.05, 3.63) is 47.0 Å². The van der Waals surface area contributed by atoms with Gasteiger partial charge in [-0.2, -0.15) is 0 Å². The number of nitrogens with one attached hydrogen (secondary N) is 1. The van der Waals surface area contributed by atoms with Crippen LogP contribution >= 0.6 is 0 Å². The second-order valence-electron chi connectivity index (χ2n) is 6.52. The molecule has 1 heteroatoms. The van der Waals surface area contributed by atoms with Crippen LogP contribution in [0.15, 0.2) is 30.3 Å². The number of hydrogen-bond acceptors (Lipinski definition) is 1. The molecule has 1 aliphatic carbocycles. The fraction of sp³-hybridized carbons (Fsp3) is 0.474. The smallest absolute Gasteiger partial charge is 0.0352 e. The Kier molecular flexibility index (Phi) is 3.55. The van der Waals surface area contributed by atoms with E-state index >= 15 is 0 Å². The van der Waals surface area contributed by atoms with E-state index in [0.29, 0.717) is 17.9 Å². The van der Waals surface area contributed by atoms with E-state index in [1.165, 1.54) is 40.3 Å². The fourth-order valence-electron chi connectivity index (χ4n) is 3.63. The maximum absolute atomic E-state index is 3.55. The first-order valence-electron chi connectivity index (χ1n) is 7.84. The zero-order valence-electron chi connectivity index (χ0n) is 13.0. The summed E-state index contributed by atoms with van der Waals surface area (Å²) >= 11 is 0. The van der Waals surface area contributed by atoms with Gasteiger partial charge in [0.15, 0.2) is 0 Å². The van der Waals surface area contributed by atoms with E-state index < -0.39 is 0 Å². The van der Waals surface area contributed by atoms with Crippen LogP contribution in [-0.4, -0.2) is 7.05 Å². The minimum absolute atomic E-state index is 0.430. The van der Waals surface area contributed by atoms with Gasteiger partial charge in [-0.15, -0.1) is 0 Å². The molecule has 0 bridgehead atoms. The Morgan fingerprint density at radius 2 is 1.65 bits per heavy atom. The third kappa shape index (κ3) is 2.05. The van der Waals surface area contributed by atoms with E-state index in [2.05, 4.69) is 63.5 Å². The Morgan fingerprint density at radius 3 is 2.30 bits per heavy atom. The molecule has 0 amide bonds. The van der Waals surface area contributed by atoms with Crippen molar-refractivity contribution in [3.8, 4) is 0 Å². The quantitative estimate of drug-likeness (QED) is 0.860. The molecule has 0 saturated heterocycles. The van der Waals surface area contributed by atoms with Crippen molar-refractivity contribution >= 4 is 10.8 Å².